The van der Waals surface area contributed by atoms with Crippen LogP contribution in [0.5, 0.6) is 5.75 Å². The quantitative estimate of drug-likeness (QED) is 0.655. The lowest BCUT2D eigenvalue weighted by Gasteiger charge is -2.01. The molecule has 98 valence electrons. The summed E-state index contributed by atoms with van der Waals surface area (Å²) in [4.78, 5) is 11.7. The van der Waals surface area contributed by atoms with E-state index in [0.29, 0.717) is 0 Å². The molecule has 1 aromatic heterocycles. The zero-order valence-electron chi connectivity index (χ0n) is 10.7. The Morgan fingerprint density at radius 2 is 2.11 bits per heavy atom. The molecule has 0 aliphatic rings. The first-order valence-electron chi connectivity index (χ1n) is 5.76. The predicted octanol–water partition coefficient (Wildman–Crippen LogP) is 2.37. The Balaban J connectivity index is 2.05. The molecule has 0 fully saturated rings. The molecule has 2 rings (SSSR count). The minimum absolute atomic E-state index is 0.0782. The highest BCUT2D eigenvalue weighted by molar-refractivity contribution is 5.97. The van der Waals surface area contributed by atoms with Gasteiger partial charge in [-0.1, -0.05) is 12.1 Å². The molecule has 2 N–H and O–H groups in total. The molecule has 1 amide bonds. The number of nitrogens with zero attached hydrogens (tertiary/aromatic N) is 1. The highest BCUT2D eigenvalue weighted by Gasteiger charge is 2.08. The fourth-order valence-corrected chi connectivity index (χ4v) is 1.66. The summed E-state index contributed by atoms with van der Waals surface area (Å²) in [6.45, 7) is 3.66. The van der Waals surface area contributed by atoms with Crippen LogP contribution in [0.2, 0.25) is 0 Å². The molecule has 0 bridgehead atoms. The van der Waals surface area contributed by atoms with Crippen LogP contribution < -0.4 is 5.43 Å². The van der Waals surface area contributed by atoms with Gasteiger partial charge < -0.3 is 9.52 Å². The molecule has 1 heterocycles. The molecular formula is C14H14N2O3. The number of hydrogen-bond donors (Lipinski definition) is 2. The van der Waals surface area contributed by atoms with Gasteiger partial charge in [-0.3, -0.25) is 4.79 Å². The van der Waals surface area contributed by atoms with Crippen molar-refractivity contribution in [1.29, 1.82) is 0 Å². The van der Waals surface area contributed by atoms with E-state index in [-0.39, 0.29) is 11.3 Å². The number of furan rings is 1. The van der Waals surface area contributed by atoms with E-state index in [1.807, 2.05) is 19.9 Å². The fraction of sp³-hybridized carbons (Fsp3) is 0.143. The molecule has 0 saturated heterocycles. The summed E-state index contributed by atoms with van der Waals surface area (Å²) in [7, 11) is 0. The van der Waals surface area contributed by atoms with Crippen molar-refractivity contribution >= 4 is 12.1 Å². The molecule has 1 aromatic carbocycles. The molecule has 0 saturated carbocycles. The third kappa shape index (κ3) is 3.01. The van der Waals surface area contributed by atoms with Gasteiger partial charge in [-0.25, -0.2) is 5.43 Å². The fourth-order valence-electron chi connectivity index (χ4n) is 1.66. The molecular weight excluding hydrogens is 244 g/mol. The number of carbonyl (C=O) groups is 1. The maximum absolute atomic E-state index is 11.7. The van der Waals surface area contributed by atoms with Crippen molar-refractivity contribution in [2.75, 3.05) is 0 Å². The average Bonchev–Trinajstić information content (AvgIpc) is 2.68. The Morgan fingerprint density at radius 3 is 2.74 bits per heavy atom. The van der Waals surface area contributed by atoms with Gasteiger partial charge in [0, 0.05) is 5.56 Å². The lowest BCUT2D eigenvalue weighted by Crippen LogP contribution is -2.17. The molecule has 0 atom stereocenters. The van der Waals surface area contributed by atoms with Gasteiger partial charge in [-0.15, -0.1) is 0 Å². The van der Waals surface area contributed by atoms with Crippen molar-refractivity contribution in [2.45, 2.75) is 13.8 Å². The van der Waals surface area contributed by atoms with Gasteiger partial charge in [0.25, 0.3) is 5.91 Å². The number of hydrazone groups is 1. The van der Waals surface area contributed by atoms with Crippen LogP contribution in [0.15, 0.2) is 39.9 Å². The van der Waals surface area contributed by atoms with Crippen molar-refractivity contribution in [3.8, 4) is 5.75 Å². The van der Waals surface area contributed by atoms with Crippen molar-refractivity contribution < 1.29 is 14.3 Å². The Hall–Kier alpha value is -2.56. The summed E-state index contributed by atoms with van der Waals surface area (Å²) < 4.78 is 5.33. The van der Waals surface area contributed by atoms with Crippen molar-refractivity contribution in [3.05, 3.63) is 53.0 Å². The Bertz CT molecular complexity index is 629. The first-order chi connectivity index (χ1) is 9.08. The molecule has 0 radical (unpaired) electrons. The minimum Gasteiger partial charge on any atom is -0.507 e. The number of para-hydroxylation sites is 1. The monoisotopic (exact) mass is 258 g/mol. The van der Waals surface area contributed by atoms with Gasteiger partial charge in [0.2, 0.25) is 0 Å². The van der Waals surface area contributed by atoms with Crippen molar-refractivity contribution in [2.24, 2.45) is 5.10 Å². The van der Waals surface area contributed by atoms with Gasteiger partial charge in [-0.05, 0) is 32.0 Å². The predicted molar refractivity (Wildman–Crippen MR) is 71.3 cm³/mol. The number of aromatic hydroxyl groups is 1. The summed E-state index contributed by atoms with van der Waals surface area (Å²) >= 11 is 0. The summed E-state index contributed by atoms with van der Waals surface area (Å²) in [6, 6.07) is 8.11. The number of phenols is 1. The highest BCUT2D eigenvalue weighted by atomic mass is 16.3. The smallest absolute Gasteiger partial charge is 0.275 e. The van der Waals surface area contributed by atoms with Gasteiger partial charge in [0.15, 0.2) is 0 Å². The van der Waals surface area contributed by atoms with E-state index in [9.17, 15) is 9.90 Å². The van der Waals surface area contributed by atoms with Crippen LogP contribution in [0.1, 0.15) is 27.4 Å². The minimum atomic E-state index is -0.466. The second-order valence-corrected chi connectivity index (χ2v) is 4.08. The van der Waals surface area contributed by atoms with E-state index in [4.69, 9.17) is 4.42 Å². The Morgan fingerprint density at radius 1 is 1.37 bits per heavy atom. The number of phenolic OH excluding ortho intramolecular Hbond substituents is 1. The van der Waals surface area contributed by atoms with Crippen molar-refractivity contribution in [1.82, 2.24) is 5.43 Å². The van der Waals surface area contributed by atoms with Crippen LogP contribution in [-0.2, 0) is 0 Å². The van der Waals surface area contributed by atoms with Crippen molar-refractivity contribution in [3.63, 3.8) is 0 Å². The third-order valence-corrected chi connectivity index (χ3v) is 2.60. The largest absolute Gasteiger partial charge is 0.507 e. The van der Waals surface area contributed by atoms with Crippen LogP contribution in [0.4, 0.5) is 0 Å². The molecule has 5 heteroatoms. The number of aryl methyl sites for hydroxylation is 2. The Kier molecular flexibility index (Phi) is 3.66. The molecule has 0 aliphatic heterocycles. The summed E-state index contributed by atoms with van der Waals surface area (Å²) in [5, 5.41) is 13.4. The maximum atomic E-state index is 11.7. The van der Waals surface area contributed by atoms with E-state index in [2.05, 4.69) is 10.5 Å². The topological polar surface area (TPSA) is 74.8 Å². The first-order valence-corrected chi connectivity index (χ1v) is 5.76. The number of hydrogen-bond acceptors (Lipinski definition) is 4. The normalized spacial score (nSPS) is 10.8. The van der Waals surface area contributed by atoms with Gasteiger partial charge in [-0.2, -0.15) is 5.10 Å². The average molecular weight is 258 g/mol. The molecule has 0 spiro atoms. The zero-order chi connectivity index (χ0) is 13.8. The van der Waals surface area contributed by atoms with Gasteiger partial charge in [0.05, 0.1) is 11.8 Å². The van der Waals surface area contributed by atoms with Crippen LogP contribution in [0.3, 0.4) is 0 Å². The zero-order valence-corrected chi connectivity index (χ0v) is 10.7. The summed E-state index contributed by atoms with van der Waals surface area (Å²) in [5.41, 5.74) is 3.33. The standard InChI is InChI=1S/C14H14N2O3/c1-9-7-11(10(2)19-9)8-15-16-14(18)12-5-3-4-6-13(12)17/h3-8,17H,1-2H3,(H,16,18)/b15-8-. The number of carbonyl (C=O) groups excluding carboxylic acids is 1. The van der Waals surface area contributed by atoms with Gasteiger partial charge in [0.1, 0.15) is 17.3 Å². The van der Waals surface area contributed by atoms with E-state index in [0.717, 1.165) is 17.1 Å². The molecule has 0 aliphatic carbocycles. The summed E-state index contributed by atoms with van der Waals surface area (Å²) in [6.07, 6.45) is 1.50. The van der Waals surface area contributed by atoms with E-state index < -0.39 is 5.91 Å². The SMILES string of the molecule is Cc1cc(/C=N\NC(=O)c2ccccc2O)c(C)o1. The van der Waals surface area contributed by atoms with Crippen LogP contribution in [-0.4, -0.2) is 17.2 Å². The molecule has 0 unspecified atom stereocenters. The van der Waals surface area contributed by atoms with E-state index in [1.165, 1.54) is 18.3 Å². The van der Waals surface area contributed by atoms with E-state index in [1.54, 1.807) is 12.1 Å². The highest BCUT2D eigenvalue weighted by Crippen LogP contribution is 2.15. The summed E-state index contributed by atoms with van der Waals surface area (Å²) in [5.74, 6) is 0.974. The first kappa shape index (κ1) is 12.9. The third-order valence-electron chi connectivity index (χ3n) is 2.60. The number of rotatable bonds is 3. The maximum Gasteiger partial charge on any atom is 0.275 e. The van der Waals surface area contributed by atoms with Crippen LogP contribution >= 0.6 is 0 Å². The second kappa shape index (κ2) is 5.39. The van der Waals surface area contributed by atoms with E-state index >= 15 is 0 Å². The van der Waals surface area contributed by atoms with Gasteiger partial charge >= 0.3 is 0 Å². The number of amides is 1. The molecule has 19 heavy (non-hydrogen) atoms. The number of benzene rings is 1. The Labute approximate surface area is 110 Å². The number of nitrogens with one attached hydrogen (secondary N) is 1. The van der Waals surface area contributed by atoms with Crippen LogP contribution in [0.25, 0.3) is 0 Å². The van der Waals surface area contributed by atoms with Crippen LogP contribution in [0, 0.1) is 13.8 Å². The molecule has 5 nitrogen and oxygen atoms in total. The second-order valence-electron chi connectivity index (χ2n) is 4.08. The lowest BCUT2D eigenvalue weighted by molar-refractivity contribution is 0.0952. The lowest BCUT2D eigenvalue weighted by atomic mass is 10.2. The molecule has 2 aromatic rings.